The van der Waals surface area contributed by atoms with Crippen LogP contribution in [-0.4, -0.2) is 45.9 Å². The zero-order valence-electron chi connectivity index (χ0n) is 15.9. The van der Waals surface area contributed by atoms with Gasteiger partial charge in [-0.05, 0) is 38.5 Å². The van der Waals surface area contributed by atoms with E-state index >= 15 is 0 Å². The molecule has 6 heteroatoms. The van der Waals surface area contributed by atoms with Crippen LogP contribution < -0.4 is 5.32 Å². The Morgan fingerprint density at radius 2 is 1.84 bits per heavy atom. The fraction of sp³-hybridized carbons (Fsp3) is 0.737. The molecule has 2 heterocycles. The second-order valence-corrected chi connectivity index (χ2v) is 6.74. The molecule has 0 saturated carbocycles. The highest BCUT2D eigenvalue weighted by atomic mass is 16.2. The third-order valence-corrected chi connectivity index (χ3v) is 4.61. The van der Waals surface area contributed by atoms with Gasteiger partial charge in [0.1, 0.15) is 5.69 Å². The maximum absolute atomic E-state index is 13.0. The number of unbranched alkanes of at least 4 members (excludes halogenated alkanes) is 1. The van der Waals surface area contributed by atoms with Crippen LogP contribution in [0.15, 0.2) is 0 Å². The molecule has 0 aliphatic carbocycles. The van der Waals surface area contributed by atoms with Crippen molar-refractivity contribution >= 4 is 11.8 Å². The Morgan fingerprint density at radius 3 is 2.48 bits per heavy atom. The molecule has 2 rings (SSSR count). The van der Waals surface area contributed by atoms with Gasteiger partial charge in [0, 0.05) is 26.2 Å². The van der Waals surface area contributed by atoms with Gasteiger partial charge in [0.25, 0.3) is 11.8 Å². The minimum Gasteiger partial charge on any atom is -0.349 e. The molecule has 0 fully saturated rings. The lowest BCUT2D eigenvalue weighted by Crippen LogP contribution is -2.33. The van der Waals surface area contributed by atoms with Gasteiger partial charge in [-0.15, -0.1) is 0 Å². The molecule has 0 spiro atoms. The summed E-state index contributed by atoms with van der Waals surface area (Å²) in [6.45, 7) is 9.13. The number of rotatable bonds is 9. The van der Waals surface area contributed by atoms with Crippen molar-refractivity contribution in [2.75, 3.05) is 19.6 Å². The van der Waals surface area contributed by atoms with Crippen LogP contribution in [0.1, 0.15) is 86.1 Å². The van der Waals surface area contributed by atoms with Gasteiger partial charge in [0.05, 0.1) is 5.69 Å². The Kier molecular flexibility index (Phi) is 7.47. The van der Waals surface area contributed by atoms with Crippen molar-refractivity contribution in [3.63, 3.8) is 0 Å². The summed E-state index contributed by atoms with van der Waals surface area (Å²) < 4.78 is 1.97. The molecule has 6 nitrogen and oxygen atoms in total. The number of imidazole rings is 1. The molecule has 1 aromatic rings. The standard InChI is InChI=1S/C19H32N4O2/c1-4-7-11-20-18(24)17-21-16(15-10-8-9-14-23(15)17)19(25)22(12-5-2)13-6-3/h4-14H2,1-3H3,(H,20,24). The van der Waals surface area contributed by atoms with E-state index in [2.05, 4.69) is 31.1 Å². The predicted molar refractivity (Wildman–Crippen MR) is 98.9 cm³/mol. The fourth-order valence-electron chi connectivity index (χ4n) is 3.35. The first-order valence-electron chi connectivity index (χ1n) is 9.80. The summed E-state index contributed by atoms with van der Waals surface area (Å²) in [6, 6.07) is 0. The SMILES string of the molecule is CCCCNC(=O)c1nc(C(=O)N(CCC)CCC)c2n1CCCC2. The lowest BCUT2D eigenvalue weighted by molar-refractivity contribution is 0.0748. The number of hydrogen-bond acceptors (Lipinski definition) is 3. The third kappa shape index (κ3) is 4.61. The molecule has 0 saturated heterocycles. The van der Waals surface area contributed by atoms with Gasteiger partial charge in [-0.25, -0.2) is 4.98 Å². The largest absolute Gasteiger partial charge is 0.349 e. The molecule has 0 bridgehead atoms. The van der Waals surface area contributed by atoms with Gasteiger partial charge in [0.15, 0.2) is 5.82 Å². The van der Waals surface area contributed by atoms with E-state index in [1.807, 2.05) is 9.47 Å². The van der Waals surface area contributed by atoms with Crippen molar-refractivity contribution in [2.24, 2.45) is 0 Å². The average molecular weight is 348 g/mol. The van der Waals surface area contributed by atoms with Crippen molar-refractivity contribution in [3.8, 4) is 0 Å². The van der Waals surface area contributed by atoms with Crippen LogP contribution in [0, 0.1) is 0 Å². The van der Waals surface area contributed by atoms with E-state index in [4.69, 9.17) is 0 Å². The Hall–Kier alpha value is -1.85. The smallest absolute Gasteiger partial charge is 0.287 e. The maximum atomic E-state index is 13.0. The van der Waals surface area contributed by atoms with Gasteiger partial charge < -0.3 is 14.8 Å². The topological polar surface area (TPSA) is 67.2 Å². The van der Waals surface area contributed by atoms with Crippen LogP contribution in [0.2, 0.25) is 0 Å². The molecule has 1 aliphatic rings. The Labute approximate surface area is 151 Å². The average Bonchev–Trinajstić information content (AvgIpc) is 3.01. The first-order chi connectivity index (χ1) is 12.1. The summed E-state index contributed by atoms with van der Waals surface area (Å²) in [7, 11) is 0. The molecule has 140 valence electrons. The molecule has 0 aromatic carbocycles. The van der Waals surface area contributed by atoms with Crippen molar-refractivity contribution in [2.45, 2.75) is 72.3 Å². The molecule has 0 unspecified atom stereocenters. The number of nitrogens with zero attached hydrogens (tertiary/aromatic N) is 3. The van der Waals surface area contributed by atoms with E-state index in [0.717, 1.165) is 70.3 Å². The highest BCUT2D eigenvalue weighted by Crippen LogP contribution is 2.22. The molecule has 25 heavy (non-hydrogen) atoms. The number of carbonyl (C=O) groups excluding carboxylic acids is 2. The van der Waals surface area contributed by atoms with E-state index in [0.29, 0.717) is 18.1 Å². The van der Waals surface area contributed by atoms with E-state index in [1.165, 1.54) is 0 Å². The molecule has 1 N–H and O–H groups in total. The summed E-state index contributed by atoms with van der Waals surface area (Å²) in [5.41, 5.74) is 1.43. The number of amides is 2. The zero-order valence-corrected chi connectivity index (χ0v) is 15.9. The first-order valence-corrected chi connectivity index (χ1v) is 9.80. The Bertz CT molecular complexity index is 588. The quantitative estimate of drug-likeness (QED) is 0.698. The van der Waals surface area contributed by atoms with Gasteiger partial charge in [-0.3, -0.25) is 9.59 Å². The van der Waals surface area contributed by atoms with Crippen LogP contribution in [-0.2, 0) is 13.0 Å². The molecule has 0 atom stereocenters. The van der Waals surface area contributed by atoms with Gasteiger partial charge in [0.2, 0.25) is 0 Å². The summed E-state index contributed by atoms with van der Waals surface area (Å²) in [5.74, 6) is 0.220. The second kappa shape index (κ2) is 9.59. The molecular weight excluding hydrogens is 316 g/mol. The van der Waals surface area contributed by atoms with Crippen molar-refractivity contribution in [3.05, 3.63) is 17.2 Å². The predicted octanol–water partition coefficient (Wildman–Crippen LogP) is 3.01. The summed E-state index contributed by atoms with van der Waals surface area (Å²) >= 11 is 0. The fourth-order valence-corrected chi connectivity index (χ4v) is 3.35. The zero-order chi connectivity index (χ0) is 18.2. The molecule has 0 radical (unpaired) electrons. The highest BCUT2D eigenvalue weighted by Gasteiger charge is 2.29. The molecular formula is C19H32N4O2. The van der Waals surface area contributed by atoms with Crippen LogP contribution >= 0.6 is 0 Å². The van der Waals surface area contributed by atoms with E-state index < -0.39 is 0 Å². The lowest BCUT2D eigenvalue weighted by atomic mass is 10.1. The molecule has 1 aliphatic heterocycles. The maximum Gasteiger partial charge on any atom is 0.287 e. The van der Waals surface area contributed by atoms with Crippen molar-refractivity contribution in [1.29, 1.82) is 0 Å². The van der Waals surface area contributed by atoms with E-state index in [1.54, 1.807) is 0 Å². The van der Waals surface area contributed by atoms with Crippen LogP contribution in [0.3, 0.4) is 0 Å². The minimum atomic E-state index is -0.159. The number of carbonyl (C=O) groups is 2. The van der Waals surface area contributed by atoms with Gasteiger partial charge >= 0.3 is 0 Å². The van der Waals surface area contributed by atoms with Crippen molar-refractivity contribution < 1.29 is 9.59 Å². The lowest BCUT2D eigenvalue weighted by Gasteiger charge is -2.22. The van der Waals surface area contributed by atoms with E-state index in [-0.39, 0.29) is 11.8 Å². The van der Waals surface area contributed by atoms with Crippen LogP contribution in [0.4, 0.5) is 0 Å². The summed E-state index contributed by atoms with van der Waals surface area (Å²) in [6.07, 6.45) is 6.73. The normalized spacial score (nSPS) is 13.4. The van der Waals surface area contributed by atoms with Crippen LogP contribution in [0.25, 0.3) is 0 Å². The number of fused-ring (bicyclic) bond motifs is 1. The second-order valence-electron chi connectivity index (χ2n) is 6.74. The first kappa shape index (κ1) is 19.5. The molecule has 2 amide bonds. The summed E-state index contributed by atoms with van der Waals surface area (Å²) in [4.78, 5) is 31.9. The number of nitrogens with one attached hydrogen (secondary N) is 1. The van der Waals surface area contributed by atoms with Crippen LogP contribution in [0.5, 0.6) is 0 Å². The highest BCUT2D eigenvalue weighted by molar-refractivity contribution is 5.97. The number of aromatic nitrogens is 2. The van der Waals surface area contributed by atoms with E-state index in [9.17, 15) is 9.59 Å². The Balaban J connectivity index is 2.29. The monoisotopic (exact) mass is 348 g/mol. The van der Waals surface area contributed by atoms with Gasteiger partial charge in [-0.1, -0.05) is 27.2 Å². The molecule has 1 aromatic heterocycles. The Morgan fingerprint density at radius 1 is 1.12 bits per heavy atom. The number of hydrogen-bond donors (Lipinski definition) is 1. The third-order valence-electron chi connectivity index (χ3n) is 4.61. The minimum absolute atomic E-state index is 0.0260. The summed E-state index contributed by atoms with van der Waals surface area (Å²) in [5, 5.41) is 2.93. The van der Waals surface area contributed by atoms with Gasteiger partial charge in [-0.2, -0.15) is 0 Å². The van der Waals surface area contributed by atoms with Crippen molar-refractivity contribution in [1.82, 2.24) is 19.8 Å².